The number of carbonyl (C=O) groups is 2. The van der Waals surface area contributed by atoms with E-state index in [-0.39, 0.29) is 28.1 Å². The number of benzene rings is 1. The van der Waals surface area contributed by atoms with Crippen LogP contribution in [0.25, 0.3) is 0 Å². The lowest BCUT2D eigenvalue weighted by molar-refractivity contribution is -0.214. The first-order valence-electron chi connectivity index (χ1n) is 15.1. The summed E-state index contributed by atoms with van der Waals surface area (Å²) < 4.78 is 36.6. The number of ether oxygens (including phenoxy) is 1. The molecule has 2 aliphatic rings. The van der Waals surface area contributed by atoms with Crippen LogP contribution in [0.1, 0.15) is 60.6 Å². The summed E-state index contributed by atoms with van der Waals surface area (Å²) in [5.41, 5.74) is -1.32. The molecule has 0 spiro atoms. The minimum absolute atomic E-state index is 0.0553. The van der Waals surface area contributed by atoms with Gasteiger partial charge in [0.1, 0.15) is 5.82 Å². The van der Waals surface area contributed by atoms with Crippen molar-refractivity contribution in [3.63, 3.8) is 0 Å². The van der Waals surface area contributed by atoms with Gasteiger partial charge in [0, 0.05) is 62.8 Å². The largest absolute Gasteiger partial charge is 0.357 e. The molecule has 0 aliphatic carbocycles. The number of carbonyl (C=O) groups excluding carboxylic acids is 2. The van der Waals surface area contributed by atoms with Crippen molar-refractivity contribution < 1.29 is 23.1 Å². The minimum Gasteiger partial charge on any atom is -0.357 e. The molecule has 4 rings (SSSR count). The van der Waals surface area contributed by atoms with Crippen LogP contribution in [-0.2, 0) is 15.1 Å². The predicted octanol–water partition coefficient (Wildman–Crippen LogP) is 7.00. The Kier molecular flexibility index (Phi) is 11.0. The van der Waals surface area contributed by atoms with E-state index in [1.165, 1.54) is 29.2 Å². The minimum atomic E-state index is -3.57. The van der Waals surface area contributed by atoms with Crippen LogP contribution in [0.4, 0.5) is 14.6 Å². The summed E-state index contributed by atoms with van der Waals surface area (Å²) in [6.07, 6.45) is 5.89. The molecule has 240 valence electrons. The zero-order valence-corrected chi connectivity index (χ0v) is 27.4. The standard InChI is InChI=1S/C33H42Cl2F2N4O3/c1-6-17-44-33(32(3,36)37,25-19-26(34)21-27(35)20-25)31(43)41-15-11-24(12-16-41)18-23-9-13-40(14-10-23)29-8-7-28(22(2)38-29)30(42)39(4)5/h6-8,19-21,23-24H,1,9-18H2,2-5H3/t33-/m1/s1. The highest BCUT2D eigenvalue weighted by Crippen LogP contribution is 2.45. The maximum absolute atomic E-state index is 15.5. The lowest BCUT2D eigenvalue weighted by Crippen LogP contribution is -2.59. The number of pyridine rings is 1. The fourth-order valence-corrected chi connectivity index (χ4v) is 6.96. The Morgan fingerprint density at radius 2 is 1.61 bits per heavy atom. The van der Waals surface area contributed by atoms with Crippen molar-refractivity contribution >= 4 is 40.8 Å². The number of aromatic nitrogens is 1. The maximum Gasteiger partial charge on any atom is 0.287 e. The van der Waals surface area contributed by atoms with Crippen LogP contribution >= 0.6 is 23.2 Å². The molecular weight excluding hydrogens is 609 g/mol. The van der Waals surface area contributed by atoms with Crippen molar-refractivity contribution in [3.8, 4) is 0 Å². The number of hydrogen-bond acceptors (Lipinski definition) is 5. The molecule has 2 saturated heterocycles. The normalized spacial score (nSPS) is 18.2. The number of halogens is 4. The van der Waals surface area contributed by atoms with Crippen molar-refractivity contribution in [1.29, 1.82) is 0 Å². The van der Waals surface area contributed by atoms with Gasteiger partial charge in [-0.15, -0.1) is 6.58 Å². The van der Waals surface area contributed by atoms with E-state index in [0.29, 0.717) is 37.4 Å². The second kappa shape index (κ2) is 14.1. The zero-order chi connectivity index (χ0) is 32.2. The monoisotopic (exact) mass is 650 g/mol. The average molecular weight is 652 g/mol. The Balaban J connectivity index is 1.37. The number of nitrogens with zero attached hydrogens (tertiary/aromatic N) is 4. The first kappa shape index (κ1) is 34.1. The van der Waals surface area contributed by atoms with Gasteiger partial charge in [-0.05, 0) is 81.2 Å². The lowest BCUT2D eigenvalue weighted by Gasteiger charge is -2.43. The summed E-state index contributed by atoms with van der Waals surface area (Å²) in [5.74, 6) is -2.59. The number of anilines is 1. The van der Waals surface area contributed by atoms with Crippen molar-refractivity contribution in [3.05, 3.63) is 69.9 Å². The third kappa shape index (κ3) is 7.37. The molecule has 0 saturated carbocycles. The second-order valence-corrected chi connectivity index (χ2v) is 13.1. The number of rotatable bonds is 10. The smallest absolute Gasteiger partial charge is 0.287 e. The molecule has 1 atom stereocenters. The highest BCUT2D eigenvalue weighted by atomic mass is 35.5. The van der Waals surface area contributed by atoms with Crippen molar-refractivity contribution in [1.82, 2.24) is 14.8 Å². The van der Waals surface area contributed by atoms with Gasteiger partial charge in [0.05, 0.1) is 17.9 Å². The molecule has 7 nitrogen and oxygen atoms in total. The van der Waals surface area contributed by atoms with E-state index in [4.69, 9.17) is 32.9 Å². The number of alkyl halides is 2. The average Bonchev–Trinajstić information content (AvgIpc) is 2.96. The predicted molar refractivity (Wildman–Crippen MR) is 171 cm³/mol. The van der Waals surface area contributed by atoms with E-state index in [0.717, 1.165) is 56.7 Å². The van der Waals surface area contributed by atoms with Gasteiger partial charge in [0.25, 0.3) is 17.7 Å². The summed E-state index contributed by atoms with van der Waals surface area (Å²) in [6.45, 7) is 8.39. The van der Waals surface area contributed by atoms with Gasteiger partial charge in [-0.25, -0.2) is 13.8 Å². The molecule has 2 aliphatic heterocycles. The third-order valence-corrected chi connectivity index (χ3v) is 9.26. The summed E-state index contributed by atoms with van der Waals surface area (Å²) >= 11 is 12.3. The molecule has 0 unspecified atom stereocenters. The number of aryl methyl sites for hydroxylation is 1. The lowest BCUT2D eigenvalue weighted by atomic mass is 9.81. The van der Waals surface area contributed by atoms with Crippen molar-refractivity contribution in [2.75, 3.05) is 51.8 Å². The number of amides is 2. The highest BCUT2D eigenvalue weighted by Gasteiger charge is 2.60. The van der Waals surface area contributed by atoms with Crippen molar-refractivity contribution in [2.24, 2.45) is 11.8 Å². The Labute approximate surface area is 269 Å². The molecule has 2 aromatic rings. The first-order valence-corrected chi connectivity index (χ1v) is 15.8. The van der Waals surface area contributed by atoms with E-state index < -0.39 is 17.4 Å². The van der Waals surface area contributed by atoms with Gasteiger partial charge < -0.3 is 19.4 Å². The highest BCUT2D eigenvalue weighted by molar-refractivity contribution is 6.34. The molecule has 3 heterocycles. The van der Waals surface area contributed by atoms with Crippen LogP contribution in [0, 0.1) is 18.8 Å². The molecular formula is C33H42Cl2F2N4O3. The molecule has 1 aromatic heterocycles. The Morgan fingerprint density at radius 1 is 1.05 bits per heavy atom. The molecule has 0 radical (unpaired) electrons. The van der Waals surface area contributed by atoms with Gasteiger partial charge in [-0.3, -0.25) is 9.59 Å². The van der Waals surface area contributed by atoms with E-state index in [1.54, 1.807) is 19.0 Å². The second-order valence-electron chi connectivity index (χ2n) is 12.2. The molecule has 1 aromatic carbocycles. The van der Waals surface area contributed by atoms with Gasteiger partial charge in [0.15, 0.2) is 0 Å². The van der Waals surface area contributed by atoms with Crippen LogP contribution in [-0.4, -0.2) is 79.4 Å². The molecule has 2 fully saturated rings. The van der Waals surface area contributed by atoms with Crippen LogP contribution in [0.5, 0.6) is 0 Å². The van der Waals surface area contributed by atoms with Crippen LogP contribution in [0.2, 0.25) is 10.0 Å². The Hall–Kier alpha value is -2.75. The van der Waals surface area contributed by atoms with Gasteiger partial charge in [-0.1, -0.05) is 29.3 Å². The molecule has 0 N–H and O–H groups in total. The van der Waals surface area contributed by atoms with E-state index in [1.807, 2.05) is 19.1 Å². The quantitative estimate of drug-likeness (QED) is 0.259. The Bertz CT molecular complexity index is 1330. The van der Waals surface area contributed by atoms with E-state index in [2.05, 4.69) is 11.5 Å². The molecule has 11 heteroatoms. The van der Waals surface area contributed by atoms with E-state index >= 15 is 8.78 Å². The molecule has 2 amide bonds. The zero-order valence-electron chi connectivity index (χ0n) is 25.9. The van der Waals surface area contributed by atoms with E-state index in [9.17, 15) is 9.59 Å². The van der Waals surface area contributed by atoms with Crippen molar-refractivity contribution in [2.45, 2.75) is 57.5 Å². The topological polar surface area (TPSA) is 66.0 Å². The van der Waals surface area contributed by atoms with Crippen LogP contribution < -0.4 is 4.90 Å². The fourth-order valence-electron chi connectivity index (χ4n) is 6.43. The fraction of sp³-hybridized carbons (Fsp3) is 0.545. The number of hydrogen-bond donors (Lipinski definition) is 0. The van der Waals surface area contributed by atoms with Crippen LogP contribution in [0.3, 0.4) is 0 Å². The Morgan fingerprint density at radius 3 is 2.11 bits per heavy atom. The van der Waals surface area contributed by atoms with Gasteiger partial charge >= 0.3 is 0 Å². The summed E-state index contributed by atoms with van der Waals surface area (Å²) in [7, 11) is 3.46. The summed E-state index contributed by atoms with van der Waals surface area (Å²) in [6, 6.07) is 7.85. The first-order chi connectivity index (χ1) is 20.8. The van der Waals surface area contributed by atoms with Gasteiger partial charge in [0.2, 0.25) is 5.60 Å². The summed E-state index contributed by atoms with van der Waals surface area (Å²) in [4.78, 5) is 36.3. The SMILES string of the molecule is C=CCO[C@@](C(=O)N1CCC(CC2CCN(c3ccc(C(=O)N(C)C)c(C)n3)CC2)CC1)(c1cc(Cl)cc(Cl)c1)C(C)(F)F. The summed E-state index contributed by atoms with van der Waals surface area (Å²) in [5, 5.41) is 0.284. The number of likely N-dealkylation sites (tertiary alicyclic amines) is 1. The third-order valence-electron chi connectivity index (χ3n) is 8.82. The van der Waals surface area contributed by atoms with Crippen LogP contribution in [0.15, 0.2) is 43.0 Å². The maximum atomic E-state index is 15.5. The number of piperidine rings is 2. The molecule has 44 heavy (non-hydrogen) atoms. The molecule has 0 bridgehead atoms. The van der Waals surface area contributed by atoms with Gasteiger partial charge in [-0.2, -0.15) is 0 Å².